The van der Waals surface area contributed by atoms with Crippen molar-refractivity contribution in [2.75, 3.05) is 24.5 Å². The molecule has 0 saturated carbocycles. The first-order valence-electron chi connectivity index (χ1n) is 13.3. The highest BCUT2D eigenvalue weighted by molar-refractivity contribution is 7.92. The summed E-state index contributed by atoms with van der Waals surface area (Å²) in [5.41, 5.74) is 1.51. The number of carbonyl (C=O) groups excluding carboxylic acids is 2. The molecule has 11 heteroatoms. The van der Waals surface area contributed by atoms with E-state index < -0.39 is 34.3 Å². The lowest BCUT2D eigenvalue weighted by atomic mass is 10.1. The number of hydrogen-bond acceptors (Lipinski definition) is 5. The zero-order valence-corrected chi connectivity index (χ0v) is 25.1. The molecule has 0 aliphatic heterocycles. The van der Waals surface area contributed by atoms with Crippen molar-refractivity contribution in [1.29, 1.82) is 0 Å². The van der Waals surface area contributed by atoms with Gasteiger partial charge in [0.2, 0.25) is 11.8 Å². The van der Waals surface area contributed by atoms with Crippen LogP contribution in [0.5, 0.6) is 5.75 Å². The van der Waals surface area contributed by atoms with E-state index in [1.54, 1.807) is 25.1 Å². The number of rotatable bonds is 13. The number of nitrogens with zero attached hydrogens (tertiary/aromatic N) is 2. The Morgan fingerprint density at radius 1 is 1.02 bits per heavy atom. The summed E-state index contributed by atoms with van der Waals surface area (Å²) < 4.78 is 48.1. The molecule has 1 atom stereocenters. The van der Waals surface area contributed by atoms with E-state index >= 15 is 0 Å². The number of amides is 2. The van der Waals surface area contributed by atoms with Gasteiger partial charge >= 0.3 is 0 Å². The SMILES string of the molecule is CCCNC(=O)[C@H](CC)N(Cc1ccc(F)cc1)C(=O)CN(c1cc(Cl)ccc1OC)S(=O)(=O)c1ccc(C)cc1. The fourth-order valence-corrected chi connectivity index (χ4v) is 5.86. The van der Waals surface area contributed by atoms with Crippen molar-refractivity contribution in [3.63, 3.8) is 0 Å². The van der Waals surface area contributed by atoms with Crippen LogP contribution in [0.15, 0.2) is 71.6 Å². The molecule has 0 unspecified atom stereocenters. The van der Waals surface area contributed by atoms with E-state index in [0.29, 0.717) is 18.5 Å². The molecule has 0 aliphatic rings. The molecule has 0 aliphatic carbocycles. The Morgan fingerprint density at radius 2 is 1.68 bits per heavy atom. The van der Waals surface area contributed by atoms with E-state index in [2.05, 4.69) is 5.32 Å². The van der Waals surface area contributed by atoms with Crippen molar-refractivity contribution in [3.8, 4) is 5.75 Å². The van der Waals surface area contributed by atoms with Crippen molar-refractivity contribution in [1.82, 2.24) is 10.2 Å². The fraction of sp³-hybridized carbons (Fsp3) is 0.333. The van der Waals surface area contributed by atoms with E-state index in [9.17, 15) is 22.4 Å². The molecule has 3 aromatic carbocycles. The number of carbonyl (C=O) groups is 2. The molecule has 3 rings (SSSR count). The average Bonchev–Trinajstić information content (AvgIpc) is 2.95. The maximum absolute atomic E-state index is 14.1. The molecule has 0 aromatic heterocycles. The standard InChI is InChI=1S/C30H35ClFN3O5S/c1-5-17-33-30(37)26(6-2)34(19-22-9-12-24(32)13-10-22)29(36)20-35(27-18-23(31)11-16-28(27)40-4)41(38,39)25-14-7-21(3)8-15-25/h7-16,18,26H,5-6,17,19-20H2,1-4H3,(H,33,37)/t26-/m0/s1. The number of aryl methyl sites for hydroxylation is 1. The highest BCUT2D eigenvalue weighted by Crippen LogP contribution is 2.35. The van der Waals surface area contributed by atoms with Crippen LogP contribution in [0.2, 0.25) is 5.02 Å². The molecule has 0 bridgehead atoms. The highest BCUT2D eigenvalue weighted by atomic mass is 35.5. The molecule has 2 amide bonds. The summed E-state index contributed by atoms with van der Waals surface area (Å²) >= 11 is 6.26. The number of methoxy groups -OCH3 is 1. The molecular formula is C30H35ClFN3O5S. The number of nitrogens with one attached hydrogen (secondary N) is 1. The van der Waals surface area contributed by atoms with Gasteiger partial charge in [-0.1, -0.05) is 55.3 Å². The molecule has 41 heavy (non-hydrogen) atoms. The van der Waals surface area contributed by atoms with Crippen LogP contribution in [0.25, 0.3) is 0 Å². The molecule has 3 aromatic rings. The largest absolute Gasteiger partial charge is 0.495 e. The maximum atomic E-state index is 14.1. The highest BCUT2D eigenvalue weighted by Gasteiger charge is 2.34. The Kier molecular flexibility index (Phi) is 11.1. The number of hydrogen-bond donors (Lipinski definition) is 1. The summed E-state index contributed by atoms with van der Waals surface area (Å²) in [4.78, 5) is 28.5. The second-order valence-electron chi connectivity index (χ2n) is 9.50. The Bertz CT molecular complexity index is 1450. The normalized spacial score (nSPS) is 12.0. The molecule has 0 spiro atoms. The van der Waals surface area contributed by atoms with Crippen LogP contribution in [-0.4, -0.2) is 51.4 Å². The van der Waals surface area contributed by atoms with Gasteiger partial charge in [-0.25, -0.2) is 12.8 Å². The second-order valence-corrected chi connectivity index (χ2v) is 11.8. The summed E-state index contributed by atoms with van der Waals surface area (Å²) in [5.74, 6) is -1.25. The van der Waals surface area contributed by atoms with Gasteiger partial charge in [0.15, 0.2) is 0 Å². The van der Waals surface area contributed by atoms with Gasteiger partial charge in [0.05, 0.1) is 17.7 Å². The van der Waals surface area contributed by atoms with Crippen molar-refractivity contribution < 1.29 is 27.1 Å². The quantitative estimate of drug-likeness (QED) is 0.285. The fourth-order valence-electron chi connectivity index (χ4n) is 4.28. The van der Waals surface area contributed by atoms with Crippen LogP contribution in [0.3, 0.4) is 0 Å². The van der Waals surface area contributed by atoms with Crippen molar-refractivity contribution in [3.05, 3.63) is 88.7 Å². The van der Waals surface area contributed by atoms with Gasteiger partial charge in [-0.05, 0) is 67.8 Å². The van der Waals surface area contributed by atoms with Gasteiger partial charge in [0, 0.05) is 18.1 Å². The third-order valence-corrected chi connectivity index (χ3v) is 8.51. The number of ether oxygens (including phenoxy) is 1. The van der Waals surface area contributed by atoms with Crippen LogP contribution in [-0.2, 0) is 26.2 Å². The molecule has 220 valence electrons. The first-order valence-corrected chi connectivity index (χ1v) is 15.1. The van der Waals surface area contributed by atoms with Crippen LogP contribution in [0, 0.1) is 12.7 Å². The van der Waals surface area contributed by atoms with E-state index in [4.69, 9.17) is 16.3 Å². The van der Waals surface area contributed by atoms with Gasteiger partial charge in [-0.15, -0.1) is 0 Å². The third kappa shape index (κ3) is 7.98. The number of benzene rings is 3. The first kappa shape index (κ1) is 31.9. The van der Waals surface area contributed by atoms with Crippen LogP contribution in [0.1, 0.15) is 37.8 Å². The smallest absolute Gasteiger partial charge is 0.264 e. The predicted octanol–water partition coefficient (Wildman–Crippen LogP) is 5.33. The monoisotopic (exact) mass is 603 g/mol. The number of halogens is 2. The van der Waals surface area contributed by atoms with Crippen molar-refractivity contribution >= 4 is 39.1 Å². The third-order valence-electron chi connectivity index (χ3n) is 6.50. The maximum Gasteiger partial charge on any atom is 0.264 e. The van der Waals surface area contributed by atoms with Crippen molar-refractivity contribution in [2.24, 2.45) is 0 Å². The Hall–Kier alpha value is -3.63. The molecule has 0 radical (unpaired) electrons. The van der Waals surface area contributed by atoms with Gasteiger partial charge in [-0.2, -0.15) is 0 Å². The molecule has 8 nitrogen and oxygen atoms in total. The predicted molar refractivity (Wildman–Crippen MR) is 158 cm³/mol. The van der Waals surface area contributed by atoms with Gasteiger partial charge in [-0.3, -0.25) is 13.9 Å². The summed E-state index contributed by atoms with van der Waals surface area (Å²) in [6.07, 6.45) is 0.971. The topological polar surface area (TPSA) is 96.0 Å². The molecule has 0 saturated heterocycles. The minimum atomic E-state index is -4.30. The van der Waals surface area contributed by atoms with E-state index in [1.807, 2.05) is 13.8 Å². The Morgan fingerprint density at radius 3 is 2.27 bits per heavy atom. The van der Waals surface area contributed by atoms with Crippen molar-refractivity contribution in [2.45, 2.75) is 51.1 Å². The Labute approximate surface area is 246 Å². The average molecular weight is 604 g/mol. The zero-order valence-electron chi connectivity index (χ0n) is 23.6. The number of anilines is 1. The molecule has 1 N–H and O–H groups in total. The minimum absolute atomic E-state index is 0.0317. The van der Waals surface area contributed by atoms with E-state index in [0.717, 1.165) is 9.87 Å². The van der Waals surface area contributed by atoms with Crippen LogP contribution < -0.4 is 14.4 Å². The summed E-state index contributed by atoms with van der Waals surface area (Å²) in [6.45, 7) is 5.24. The first-order chi connectivity index (χ1) is 19.5. The summed E-state index contributed by atoms with van der Waals surface area (Å²) in [5, 5.41) is 3.07. The van der Waals surface area contributed by atoms with Crippen LogP contribution in [0.4, 0.5) is 10.1 Å². The minimum Gasteiger partial charge on any atom is -0.495 e. The molecular weight excluding hydrogens is 569 g/mol. The zero-order chi connectivity index (χ0) is 30.2. The van der Waals surface area contributed by atoms with E-state index in [1.165, 1.54) is 60.5 Å². The molecule has 0 fully saturated rings. The lowest BCUT2D eigenvalue weighted by Crippen LogP contribution is -2.52. The lowest BCUT2D eigenvalue weighted by molar-refractivity contribution is -0.140. The van der Waals surface area contributed by atoms with E-state index in [-0.39, 0.29) is 40.2 Å². The van der Waals surface area contributed by atoms with Gasteiger partial charge in [0.25, 0.3) is 10.0 Å². The second kappa shape index (κ2) is 14.3. The lowest BCUT2D eigenvalue weighted by Gasteiger charge is -2.33. The van der Waals surface area contributed by atoms with Crippen LogP contribution >= 0.6 is 11.6 Å². The molecule has 0 heterocycles. The summed E-state index contributed by atoms with van der Waals surface area (Å²) in [7, 11) is -2.91. The van der Waals surface area contributed by atoms with Gasteiger partial charge < -0.3 is 15.0 Å². The Balaban J connectivity index is 2.11. The number of sulfonamides is 1. The van der Waals surface area contributed by atoms with Gasteiger partial charge in [0.1, 0.15) is 24.2 Å². The summed E-state index contributed by atoms with van der Waals surface area (Å²) in [6, 6.07) is 15.4.